The van der Waals surface area contributed by atoms with Crippen molar-refractivity contribution in [2.24, 2.45) is 5.92 Å². The number of thioether (sulfide) groups is 1. The highest BCUT2D eigenvalue weighted by Gasteiger charge is 2.14. The number of carbonyl (C=O) groups excluding carboxylic acids is 1. The zero-order valence-electron chi connectivity index (χ0n) is 11.8. The van der Waals surface area contributed by atoms with Gasteiger partial charge in [-0.25, -0.2) is 0 Å². The minimum Gasteiger partial charge on any atom is -0.299 e. The van der Waals surface area contributed by atoms with E-state index in [1.165, 1.54) is 18.4 Å². The Kier molecular flexibility index (Phi) is 8.24. The van der Waals surface area contributed by atoms with E-state index in [2.05, 4.69) is 19.1 Å². The number of hydrogen-bond donors (Lipinski definition) is 0. The number of ketones is 1. The molecule has 0 aromatic heterocycles. The van der Waals surface area contributed by atoms with Crippen molar-refractivity contribution in [1.29, 1.82) is 0 Å². The summed E-state index contributed by atoms with van der Waals surface area (Å²) in [5.74, 6) is 1.49. The topological polar surface area (TPSA) is 17.1 Å². The van der Waals surface area contributed by atoms with E-state index in [9.17, 15) is 4.79 Å². The molecule has 0 amide bonds. The molecule has 0 saturated heterocycles. The van der Waals surface area contributed by atoms with Crippen molar-refractivity contribution in [3.8, 4) is 0 Å². The highest BCUT2D eigenvalue weighted by molar-refractivity contribution is 7.99. The molecule has 0 saturated carbocycles. The summed E-state index contributed by atoms with van der Waals surface area (Å²) in [7, 11) is 0. The van der Waals surface area contributed by atoms with Gasteiger partial charge in [-0.15, -0.1) is 0 Å². The van der Waals surface area contributed by atoms with Gasteiger partial charge in [-0.3, -0.25) is 4.79 Å². The fourth-order valence-electron chi connectivity index (χ4n) is 2.26. The van der Waals surface area contributed by atoms with Gasteiger partial charge < -0.3 is 0 Å². The fourth-order valence-corrected chi connectivity index (χ4v) is 2.83. The molecule has 1 rings (SSSR count). The minimum absolute atomic E-state index is 0.377. The molecule has 3 heteroatoms. The molecule has 0 fully saturated rings. The third-order valence-corrected chi connectivity index (χ3v) is 4.09. The van der Waals surface area contributed by atoms with Gasteiger partial charge in [0.2, 0.25) is 0 Å². The van der Waals surface area contributed by atoms with Crippen molar-refractivity contribution in [1.82, 2.24) is 0 Å². The van der Waals surface area contributed by atoms with Crippen LogP contribution in [-0.4, -0.2) is 17.8 Å². The normalized spacial score (nSPS) is 12.4. The Bertz CT molecular complexity index is 375. The van der Waals surface area contributed by atoms with Crippen LogP contribution in [0, 0.1) is 5.92 Å². The second-order valence-electron chi connectivity index (χ2n) is 5.01. The lowest BCUT2D eigenvalue weighted by atomic mass is 9.90. The number of carbonyl (C=O) groups is 1. The molecule has 1 unspecified atom stereocenters. The smallest absolute Gasteiger partial charge is 0.143 e. The van der Waals surface area contributed by atoms with Gasteiger partial charge in [-0.2, -0.15) is 11.8 Å². The van der Waals surface area contributed by atoms with E-state index in [1.54, 1.807) is 11.8 Å². The molecule has 0 aliphatic heterocycles. The summed E-state index contributed by atoms with van der Waals surface area (Å²) in [5.41, 5.74) is 1.28. The van der Waals surface area contributed by atoms with Crippen LogP contribution in [0.5, 0.6) is 0 Å². The first kappa shape index (κ1) is 16.6. The molecule has 0 bridgehead atoms. The monoisotopic (exact) mass is 298 g/mol. The molecule has 1 nitrogen and oxygen atoms in total. The lowest BCUT2D eigenvalue weighted by Gasteiger charge is -2.16. The Morgan fingerprint density at radius 2 is 2.00 bits per heavy atom. The molecule has 0 N–H and O–H groups in total. The van der Waals surface area contributed by atoms with E-state index >= 15 is 0 Å². The predicted octanol–water partition coefficient (Wildman–Crippen LogP) is 5.01. The third kappa shape index (κ3) is 7.03. The Morgan fingerprint density at radius 1 is 1.32 bits per heavy atom. The van der Waals surface area contributed by atoms with Crippen molar-refractivity contribution in [2.45, 2.75) is 39.0 Å². The van der Waals surface area contributed by atoms with E-state index in [0.717, 1.165) is 17.9 Å². The van der Waals surface area contributed by atoms with Gasteiger partial charge >= 0.3 is 0 Å². The Balaban J connectivity index is 2.57. The Morgan fingerprint density at radius 3 is 2.58 bits per heavy atom. The summed E-state index contributed by atoms with van der Waals surface area (Å²) in [6, 6.07) is 8.00. The lowest BCUT2D eigenvalue weighted by Crippen LogP contribution is -2.13. The molecule has 0 spiro atoms. The van der Waals surface area contributed by atoms with Crippen molar-refractivity contribution >= 4 is 29.1 Å². The van der Waals surface area contributed by atoms with Crippen LogP contribution in [0.4, 0.5) is 0 Å². The van der Waals surface area contributed by atoms with Gasteiger partial charge in [0.1, 0.15) is 5.78 Å². The largest absolute Gasteiger partial charge is 0.299 e. The molecular weight excluding hydrogens is 276 g/mol. The summed E-state index contributed by atoms with van der Waals surface area (Å²) >= 11 is 7.52. The molecule has 1 aromatic carbocycles. The van der Waals surface area contributed by atoms with Gasteiger partial charge in [-0.1, -0.05) is 43.5 Å². The fraction of sp³-hybridized carbons (Fsp3) is 0.562. The van der Waals surface area contributed by atoms with Gasteiger partial charge in [0.05, 0.1) is 5.75 Å². The zero-order chi connectivity index (χ0) is 14.1. The summed E-state index contributed by atoms with van der Waals surface area (Å²) in [6.07, 6.45) is 7.21. The predicted molar refractivity (Wildman–Crippen MR) is 86.2 cm³/mol. The number of rotatable bonds is 9. The summed E-state index contributed by atoms with van der Waals surface area (Å²) in [4.78, 5) is 11.8. The Labute approximate surface area is 126 Å². The first-order valence-electron chi connectivity index (χ1n) is 6.90. The Hall–Kier alpha value is -0.470. The molecule has 0 aliphatic rings. The van der Waals surface area contributed by atoms with Crippen LogP contribution in [0.2, 0.25) is 5.02 Å². The van der Waals surface area contributed by atoms with Gasteiger partial charge in [0.25, 0.3) is 0 Å². The summed E-state index contributed by atoms with van der Waals surface area (Å²) in [5, 5.41) is 0.771. The number of Topliss-reactive ketones (excluding diaryl/α,β-unsaturated/α-hetero) is 1. The maximum atomic E-state index is 11.8. The maximum Gasteiger partial charge on any atom is 0.143 e. The first-order valence-corrected chi connectivity index (χ1v) is 8.68. The third-order valence-electron chi connectivity index (χ3n) is 3.23. The SMILES string of the molecule is CCCCC(CC(=O)CSC)Cc1ccc(Cl)cc1. The first-order chi connectivity index (χ1) is 9.15. The number of benzene rings is 1. The summed E-state index contributed by atoms with van der Waals surface area (Å²) < 4.78 is 0. The molecule has 1 aromatic rings. The highest BCUT2D eigenvalue weighted by atomic mass is 35.5. The minimum atomic E-state index is 0.377. The summed E-state index contributed by atoms with van der Waals surface area (Å²) in [6.45, 7) is 2.20. The molecular formula is C16H23ClOS. The quantitative estimate of drug-likeness (QED) is 0.637. The van der Waals surface area contributed by atoms with Crippen LogP contribution in [0.15, 0.2) is 24.3 Å². The van der Waals surface area contributed by atoms with Crippen LogP contribution in [0.25, 0.3) is 0 Å². The molecule has 0 aliphatic carbocycles. The van der Waals surface area contributed by atoms with Crippen molar-refractivity contribution < 1.29 is 4.79 Å². The van der Waals surface area contributed by atoms with E-state index in [1.807, 2.05) is 18.4 Å². The number of unbranched alkanes of at least 4 members (excludes halogenated alkanes) is 1. The van der Waals surface area contributed by atoms with Crippen LogP contribution >= 0.6 is 23.4 Å². The molecule has 0 heterocycles. The molecule has 19 heavy (non-hydrogen) atoms. The van der Waals surface area contributed by atoms with Crippen LogP contribution in [0.1, 0.15) is 38.2 Å². The number of halogens is 1. The van der Waals surface area contributed by atoms with Crippen LogP contribution in [-0.2, 0) is 11.2 Å². The molecule has 1 atom stereocenters. The highest BCUT2D eigenvalue weighted by Crippen LogP contribution is 2.21. The van der Waals surface area contributed by atoms with Gasteiger partial charge in [0, 0.05) is 11.4 Å². The average molecular weight is 299 g/mol. The van der Waals surface area contributed by atoms with Gasteiger partial charge in [-0.05, 0) is 42.7 Å². The number of hydrogen-bond acceptors (Lipinski definition) is 2. The standard InChI is InChI=1S/C16H23ClOS/c1-3-4-5-14(11-16(18)12-19-2)10-13-6-8-15(17)9-7-13/h6-9,14H,3-5,10-12H2,1-2H3. The van der Waals surface area contributed by atoms with Crippen LogP contribution in [0.3, 0.4) is 0 Å². The second kappa shape index (κ2) is 9.44. The van der Waals surface area contributed by atoms with E-state index in [4.69, 9.17) is 11.6 Å². The average Bonchev–Trinajstić information content (AvgIpc) is 2.39. The molecule has 0 radical (unpaired) electrons. The maximum absolute atomic E-state index is 11.8. The van der Waals surface area contributed by atoms with Crippen molar-refractivity contribution in [3.05, 3.63) is 34.9 Å². The molecule has 106 valence electrons. The second-order valence-corrected chi connectivity index (χ2v) is 6.32. The van der Waals surface area contributed by atoms with E-state index < -0.39 is 0 Å². The van der Waals surface area contributed by atoms with E-state index in [-0.39, 0.29) is 0 Å². The lowest BCUT2D eigenvalue weighted by molar-refractivity contribution is -0.117. The van der Waals surface area contributed by atoms with Crippen molar-refractivity contribution in [2.75, 3.05) is 12.0 Å². The zero-order valence-corrected chi connectivity index (χ0v) is 13.4. The van der Waals surface area contributed by atoms with E-state index in [0.29, 0.717) is 23.9 Å². The van der Waals surface area contributed by atoms with Crippen molar-refractivity contribution in [3.63, 3.8) is 0 Å². The van der Waals surface area contributed by atoms with Gasteiger partial charge in [0.15, 0.2) is 0 Å². The van der Waals surface area contributed by atoms with Crippen LogP contribution < -0.4 is 0 Å².